The summed E-state index contributed by atoms with van der Waals surface area (Å²) < 4.78 is 21.8. The average molecular weight is 221 g/mol. The summed E-state index contributed by atoms with van der Waals surface area (Å²) in [6, 6.07) is 1.39. The summed E-state index contributed by atoms with van der Waals surface area (Å²) in [6.07, 6.45) is 0. The molecule has 0 saturated heterocycles. The Kier molecular flexibility index (Phi) is 2.50. The van der Waals surface area contributed by atoms with Gasteiger partial charge in [-0.3, -0.25) is 0 Å². The lowest BCUT2D eigenvalue weighted by atomic mass is 10.1. The van der Waals surface area contributed by atoms with E-state index in [0.29, 0.717) is 4.88 Å². The van der Waals surface area contributed by atoms with Gasteiger partial charge >= 0.3 is 0 Å². The quantitative estimate of drug-likeness (QED) is 0.768. The molecule has 0 aliphatic carbocycles. The van der Waals surface area contributed by atoms with Crippen molar-refractivity contribution in [1.82, 2.24) is 0 Å². The molecule has 3 N–H and O–H groups in total. The molecule has 0 bridgehead atoms. The molecule has 0 radical (unpaired) electrons. The SMILES string of the molecule is CC(C)(O)c1cc(S(N)(=O)=O)cs1. The summed E-state index contributed by atoms with van der Waals surface area (Å²) in [6.45, 7) is 3.18. The molecule has 0 fully saturated rings. The molecule has 0 atom stereocenters. The number of sulfonamides is 1. The Balaban J connectivity index is 3.16. The maximum atomic E-state index is 10.9. The van der Waals surface area contributed by atoms with Gasteiger partial charge in [0.05, 0.1) is 10.5 Å². The number of hydrogen-bond donors (Lipinski definition) is 2. The molecule has 4 nitrogen and oxygen atoms in total. The van der Waals surface area contributed by atoms with E-state index < -0.39 is 15.6 Å². The second-order valence-corrected chi connectivity index (χ2v) is 5.72. The molecular weight excluding hydrogens is 210 g/mol. The molecule has 1 aromatic rings. The van der Waals surface area contributed by atoms with Gasteiger partial charge < -0.3 is 5.11 Å². The van der Waals surface area contributed by atoms with E-state index in [1.54, 1.807) is 13.8 Å². The number of hydrogen-bond acceptors (Lipinski definition) is 4. The number of aliphatic hydroxyl groups is 1. The van der Waals surface area contributed by atoms with Crippen molar-refractivity contribution in [3.8, 4) is 0 Å². The molecule has 6 heteroatoms. The predicted molar refractivity (Wildman–Crippen MR) is 50.9 cm³/mol. The largest absolute Gasteiger partial charge is 0.385 e. The van der Waals surface area contributed by atoms with Crippen LogP contribution in [0.15, 0.2) is 16.3 Å². The fraction of sp³-hybridized carbons (Fsp3) is 0.429. The summed E-state index contributed by atoms with van der Waals surface area (Å²) in [4.78, 5) is 0.631. The van der Waals surface area contributed by atoms with E-state index in [4.69, 9.17) is 5.14 Å². The molecule has 0 unspecified atom stereocenters. The minimum atomic E-state index is -3.64. The predicted octanol–water partition coefficient (Wildman–Crippen LogP) is 0.623. The van der Waals surface area contributed by atoms with Crippen LogP contribution in [-0.2, 0) is 15.6 Å². The molecule has 0 aliphatic rings. The number of rotatable bonds is 2. The summed E-state index contributed by atoms with van der Waals surface area (Å²) in [5, 5.41) is 15.9. The van der Waals surface area contributed by atoms with Gasteiger partial charge in [-0.1, -0.05) is 0 Å². The number of primary sulfonamides is 1. The van der Waals surface area contributed by atoms with Crippen molar-refractivity contribution in [3.63, 3.8) is 0 Å². The van der Waals surface area contributed by atoms with Gasteiger partial charge in [0.1, 0.15) is 0 Å². The van der Waals surface area contributed by atoms with Crippen molar-refractivity contribution in [1.29, 1.82) is 0 Å². The topological polar surface area (TPSA) is 80.4 Å². The molecule has 74 valence electrons. The molecular formula is C7H11NO3S2. The summed E-state index contributed by atoms with van der Waals surface area (Å²) in [5.41, 5.74) is -1.02. The van der Waals surface area contributed by atoms with E-state index in [1.165, 1.54) is 22.8 Å². The van der Waals surface area contributed by atoms with Crippen LogP contribution in [0.2, 0.25) is 0 Å². The van der Waals surface area contributed by atoms with E-state index in [2.05, 4.69) is 0 Å². The first-order valence-electron chi connectivity index (χ1n) is 3.55. The molecule has 1 rings (SSSR count). The lowest BCUT2D eigenvalue weighted by Crippen LogP contribution is -2.14. The van der Waals surface area contributed by atoms with E-state index in [1.807, 2.05) is 0 Å². The Labute approximate surface area is 81.1 Å². The minimum Gasteiger partial charge on any atom is -0.385 e. The van der Waals surface area contributed by atoms with Crippen molar-refractivity contribution >= 4 is 21.4 Å². The zero-order chi connectivity index (χ0) is 10.3. The Bertz CT molecular complexity index is 400. The molecule has 13 heavy (non-hydrogen) atoms. The van der Waals surface area contributed by atoms with Gasteiger partial charge in [-0.15, -0.1) is 11.3 Å². The highest BCUT2D eigenvalue weighted by molar-refractivity contribution is 7.89. The first kappa shape index (κ1) is 10.6. The van der Waals surface area contributed by atoms with Crippen LogP contribution in [0.4, 0.5) is 0 Å². The highest BCUT2D eigenvalue weighted by Gasteiger charge is 2.20. The van der Waals surface area contributed by atoms with Crippen LogP contribution in [0.3, 0.4) is 0 Å². The van der Waals surface area contributed by atoms with Crippen LogP contribution >= 0.6 is 11.3 Å². The molecule has 0 spiro atoms. The van der Waals surface area contributed by atoms with Crippen LogP contribution in [0, 0.1) is 0 Å². The minimum absolute atomic E-state index is 0.0506. The van der Waals surface area contributed by atoms with Crippen LogP contribution in [-0.4, -0.2) is 13.5 Å². The normalized spacial score (nSPS) is 13.2. The Morgan fingerprint density at radius 1 is 1.54 bits per heavy atom. The molecule has 0 saturated carbocycles. The molecule has 0 aromatic carbocycles. The average Bonchev–Trinajstić information content (AvgIpc) is 2.28. The van der Waals surface area contributed by atoms with E-state index in [-0.39, 0.29) is 4.90 Å². The number of thiophene rings is 1. The van der Waals surface area contributed by atoms with E-state index >= 15 is 0 Å². The molecule has 0 amide bonds. The summed E-state index contributed by atoms with van der Waals surface area (Å²) in [7, 11) is -3.64. The summed E-state index contributed by atoms with van der Waals surface area (Å²) in [5.74, 6) is 0. The van der Waals surface area contributed by atoms with Crippen LogP contribution in [0.5, 0.6) is 0 Å². The Morgan fingerprint density at radius 3 is 2.31 bits per heavy atom. The van der Waals surface area contributed by atoms with E-state index in [9.17, 15) is 13.5 Å². The van der Waals surface area contributed by atoms with Gasteiger partial charge in [0.15, 0.2) is 0 Å². The lowest BCUT2D eigenvalue weighted by Gasteiger charge is -2.13. The third-order valence-electron chi connectivity index (χ3n) is 1.51. The van der Waals surface area contributed by atoms with Gasteiger partial charge in [-0.25, -0.2) is 13.6 Å². The fourth-order valence-electron chi connectivity index (χ4n) is 0.789. The molecule has 0 aliphatic heterocycles. The van der Waals surface area contributed by atoms with Gasteiger partial charge in [0.2, 0.25) is 10.0 Å². The van der Waals surface area contributed by atoms with Gasteiger partial charge in [-0.2, -0.15) is 0 Å². The van der Waals surface area contributed by atoms with Crippen molar-refractivity contribution in [3.05, 3.63) is 16.3 Å². The smallest absolute Gasteiger partial charge is 0.238 e. The molecule has 1 heterocycles. The Morgan fingerprint density at radius 2 is 2.08 bits per heavy atom. The van der Waals surface area contributed by atoms with Gasteiger partial charge in [-0.05, 0) is 19.9 Å². The van der Waals surface area contributed by atoms with E-state index in [0.717, 1.165) is 0 Å². The third-order valence-corrected chi connectivity index (χ3v) is 3.79. The number of nitrogens with two attached hydrogens (primary N) is 1. The second kappa shape index (κ2) is 3.06. The van der Waals surface area contributed by atoms with Crippen molar-refractivity contribution in [2.24, 2.45) is 5.14 Å². The van der Waals surface area contributed by atoms with Gasteiger partial charge in [0, 0.05) is 10.3 Å². The zero-order valence-corrected chi connectivity index (χ0v) is 8.95. The highest BCUT2D eigenvalue weighted by atomic mass is 32.2. The fourth-order valence-corrected chi connectivity index (χ4v) is 2.62. The van der Waals surface area contributed by atoms with Crippen LogP contribution in [0.25, 0.3) is 0 Å². The van der Waals surface area contributed by atoms with Crippen molar-refractivity contribution < 1.29 is 13.5 Å². The lowest BCUT2D eigenvalue weighted by molar-refractivity contribution is 0.0824. The standard InChI is InChI=1S/C7H11NO3S2/c1-7(2,9)6-3-5(4-12-6)13(8,10)11/h3-4,9H,1-2H3,(H2,8,10,11). The zero-order valence-electron chi connectivity index (χ0n) is 7.31. The first-order valence-corrected chi connectivity index (χ1v) is 5.98. The van der Waals surface area contributed by atoms with Crippen LogP contribution < -0.4 is 5.14 Å². The van der Waals surface area contributed by atoms with Gasteiger partial charge in [0.25, 0.3) is 0 Å². The second-order valence-electron chi connectivity index (χ2n) is 3.25. The summed E-state index contributed by atoms with van der Waals surface area (Å²) >= 11 is 1.17. The molecule has 1 aromatic heterocycles. The monoisotopic (exact) mass is 221 g/mol. The van der Waals surface area contributed by atoms with Crippen LogP contribution in [0.1, 0.15) is 18.7 Å². The maximum absolute atomic E-state index is 10.9. The van der Waals surface area contributed by atoms with Crippen molar-refractivity contribution in [2.45, 2.75) is 24.3 Å². The third kappa shape index (κ3) is 2.50. The Hall–Kier alpha value is -0.430. The van der Waals surface area contributed by atoms with Crippen molar-refractivity contribution in [2.75, 3.05) is 0 Å². The maximum Gasteiger partial charge on any atom is 0.238 e. The highest BCUT2D eigenvalue weighted by Crippen LogP contribution is 2.28. The first-order chi connectivity index (χ1) is 5.71.